The number of rotatable bonds is 10. The van der Waals surface area contributed by atoms with Gasteiger partial charge in [-0.2, -0.15) is 0 Å². The Morgan fingerprint density at radius 1 is 0.721 bits per heavy atom. The lowest BCUT2D eigenvalue weighted by atomic mass is 9.98. The van der Waals surface area contributed by atoms with Gasteiger partial charge >= 0.3 is 24.1 Å². The van der Waals surface area contributed by atoms with Gasteiger partial charge in [-0.05, 0) is 76.6 Å². The fourth-order valence-electron chi connectivity index (χ4n) is 4.64. The Morgan fingerprint density at radius 3 is 1.67 bits per heavy atom. The van der Waals surface area contributed by atoms with Crippen molar-refractivity contribution in [3.8, 4) is 11.1 Å². The summed E-state index contributed by atoms with van der Waals surface area (Å²) in [7, 11) is 1.21. The number of alkyl carbamates (subject to hydrolysis) is 2. The highest BCUT2D eigenvalue weighted by atomic mass is 16.6. The first-order valence-corrected chi connectivity index (χ1v) is 14.2. The highest BCUT2D eigenvalue weighted by Gasteiger charge is 2.31. The molecule has 3 rings (SSSR count). The average molecular weight is 595 g/mol. The molecule has 0 bridgehead atoms. The molecule has 1 aliphatic carbocycles. The maximum Gasteiger partial charge on any atom is 0.408 e. The van der Waals surface area contributed by atoms with E-state index < -0.39 is 47.4 Å². The van der Waals surface area contributed by atoms with E-state index in [-0.39, 0.29) is 25.4 Å². The van der Waals surface area contributed by atoms with Crippen molar-refractivity contribution >= 4 is 24.1 Å². The van der Waals surface area contributed by atoms with E-state index in [0.717, 1.165) is 22.3 Å². The van der Waals surface area contributed by atoms with Gasteiger partial charge in [0.2, 0.25) is 0 Å². The van der Waals surface area contributed by atoms with Gasteiger partial charge in [0.15, 0.2) is 0 Å². The molecular weight excluding hydrogens is 552 g/mol. The predicted molar refractivity (Wildman–Crippen MR) is 161 cm³/mol. The smallest absolute Gasteiger partial charge is 0.408 e. The molecule has 2 atom stereocenters. The van der Waals surface area contributed by atoms with Crippen LogP contribution >= 0.6 is 0 Å². The number of ether oxygens (including phenoxy) is 4. The van der Waals surface area contributed by atoms with Gasteiger partial charge in [-0.3, -0.25) is 0 Å². The number of carbonyl (C=O) groups is 4. The molecule has 0 aliphatic heterocycles. The van der Waals surface area contributed by atoms with Gasteiger partial charge < -0.3 is 29.6 Å². The molecule has 2 aromatic rings. The maximum absolute atomic E-state index is 13.0. The zero-order valence-corrected chi connectivity index (χ0v) is 25.9. The molecule has 0 unspecified atom stereocenters. The summed E-state index contributed by atoms with van der Waals surface area (Å²) in [6.07, 6.45) is 1.82. The Morgan fingerprint density at radius 2 is 1.19 bits per heavy atom. The van der Waals surface area contributed by atoms with Crippen LogP contribution in [-0.2, 0) is 28.5 Å². The zero-order chi connectivity index (χ0) is 31.8. The number of nitrogens with one attached hydrogen (secondary N) is 2. The summed E-state index contributed by atoms with van der Waals surface area (Å²) < 4.78 is 21.1. The molecule has 0 fully saturated rings. The van der Waals surface area contributed by atoms with Crippen molar-refractivity contribution in [3.05, 3.63) is 71.8 Å². The van der Waals surface area contributed by atoms with Crippen LogP contribution in [0.5, 0.6) is 0 Å². The molecule has 0 heterocycles. The number of carbonyl (C=O) groups excluding carboxylic acids is 4. The van der Waals surface area contributed by atoms with Crippen LogP contribution < -0.4 is 10.6 Å². The van der Waals surface area contributed by atoms with Crippen molar-refractivity contribution < 1.29 is 38.1 Å². The first-order valence-electron chi connectivity index (χ1n) is 14.2. The van der Waals surface area contributed by atoms with Gasteiger partial charge in [0.1, 0.15) is 29.9 Å². The molecule has 0 spiro atoms. The third kappa shape index (κ3) is 9.87. The summed E-state index contributed by atoms with van der Waals surface area (Å²) in [6, 6.07) is 13.9. The molecule has 10 nitrogen and oxygen atoms in total. The molecule has 1 aliphatic rings. The zero-order valence-electron chi connectivity index (χ0n) is 25.9. The van der Waals surface area contributed by atoms with Gasteiger partial charge in [0.25, 0.3) is 0 Å². The Hall–Kier alpha value is -4.34. The number of benzene rings is 2. The highest BCUT2D eigenvalue weighted by molar-refractivity contribution is 5.83. The molecule has 2 N–H and O–H groups in total. The topological polar surface area (TPSA) is 129 Å². The molecule has 0 saturated heterocycles. The first kappa shape index (κ1) is 33.2. The summed E-state index contributed by atoms with van der Waals surface area (Å²) in [6.45, 7) is 10.4. The summed E-state index contributed by atoms with van der Waals surface area (Å²) in [5.74, 6) is -1.43. The molecule has 0 saturated carbocycles. The van der Waals surface area contributed by atoms with Crippen LogP contribution in [0.4, 0.5) is 9.59 Å². The van der Waals surface area contributed by atoms with Crippen molar-refractivity contribution in [1.82, 2.24) is 10.6 Å². The monoisotopic (exact) mass is 594 g/mol. The first-order chi connectivity index (χ1) is 20.2. The maximum atomic E-state index is 13.0. The van der Waals surface area contributed by atoms with Crippen LogP contribution in [0.2, 0.25) is 0 Å². The van der Waals surface area contributed by atoms with Crippen molar-refractivity contribution in [3.63, 3.8) is 0 Å². The molecule has 2 amide bonds. The van der Waals surface area contributed by atoms with Crippen LogP contribution in [0.15, 0.2) is 60.7 Å². The third-order valence-electron chi connectivity index (χ3n) is 6.41. The molecule has 2 aromatic carbocycles. The Bertz CT molecular complexity index is 1290. The fraction of sp³-hybridized carbons (Fsp3) is 0.455. The number of methoxy groups -OCH3 is 1. The molecule has 0 radical (unpaired) electrons. The van der Waals surface area contributed by atoms with E-state index in [2.05, 4.69) is 10.6 Å². The second-order valence-corrected chi connectivity index (χ2v) is 12.2. The van der Waals surface area contributed by atoms with E-state index in [1.165, 1.54) is 7.11 Å². The van der Waals surface area contributed by atoms with Crippen molar-refractivity contribution in [2.45, 2.75) is 83.6 Å². The van der Waals surface area contributed by atoms with Crippen LogP contribution in [0.1, 0.15) is 71.4 Å². The van der Waals surface area contributed by atoms with E-state index in [9.17, 15) is 19.2 Å². The highest BCUT2D eigenvalue weighted by Crippen LogP contribution is 2.44. The van der Waals surface area contributed by atoms with E-state index in [4.69, 9.17) is 18.9 Å². The lowest BCUT2D eigenvalue weighted by Crippen LogP contribution is -2.44. The molecule has 43 heavy (non-hydrogen) atoms. The molecule has 0 aromatic heterocycles. The van der Waals surface area contributed by atoms with Crippen LogP contribution in [0.25, 0.3) is 11.1 Å². The standard InChI is InChI=1S/C33H42N2O8/c1-32(2,3)42-29(37)27(19-13-12-18-26(28(36)40-7)35-31(39)43-33(4,5)6)34-30(38)41-20-25-23-16-10-8-14-21(23)22-15-9-11-17-24(22)25/h8-17,25-27H,18-20H2,1-7H3,(H,34,38)(H,35,39)/b13-12-/t26-,27-/m0/s1. The SMILES string of the molecule is COC(=O)[C@H](C/C=C\C[C@H](NC(=O)OCC1c2ccccc2-c2ccccc21)C(=O)OC(C)(C)C)NC(=O)OC(C)(C)C. The minimum absolute atomic E-state index is 0.0550. The lowest BCUT2D eigenvalue weighted by Gasteiger charge is -2.24. The van der Waals surface area contributed by atoms with E-state index in [1.807, 2.05) is 48.5 Å². The van der Waals surface area contributed by atoms with E-state index in [0.29, 0.717) is 0 Å². The summed E-state index contributed by atoms with van der Waals surface area (Å²) in [4.78, 5) is 50.3. The van der Waals surface area contributed by atoms with Crippen LogP contribution in [0, 0.1) is 0 Å². The predicted octanol–water partition coefficient (Wildman–Crippen LogP) is 5.64. The van der Waals surface area contributed by atoms with Gasteiger partial charge in [-0.1, -0.05) is 60.7 Å². The van der Waals surface area contributed by atoms with Gasteiger partial charge in [-0.25, -0.2) is 19.2 Å². The Balaban J connectivity index is 1.65. The Kier molecular flexibility index (Phi) is 11.0. The van der Waals surface area contributed by atoms with Crippen LogP contribution in [0.3, 0.4) is 0 Å². The second-order valence-electron chi connectivity index (χ2n) is 12.2. The molecule has 232 valence electrons. The van der Waals surface area contributed by atoms with Gasteiger partial charge in [0, 0.05) is 5.92 Å². The van der Waals surface area contributed by atoms with Crippen LogP contribution in [-0.4, -0.2) is 61.1 Å². The second kappa shape index (κ2) is 14.2. The number of amides is 2. The number of hydrogen-bond donors (Lipinski definition) is 2. The largest absolute Gasteiger partial charge is 0.467 e. The number of esters is 2. The summed E-state index contributed by atoms with van der Waals surface area (Å²) >= 11 is 0. The number of hydrogen-bond acceptors (Lipinski definition) is 8. The normalized spacial score (nSPS) is 14.2. The fourth-order valence-corrected chi connectivity index (χ4v) is 4.64. The number of fused-ring (bicyclic) bond motifs is 3. The quantitative estimate of drug-likeness (QED) is 0.206. The van der Waals surface area contributed by atoms with Gasteiger partial charge in [-0.15, -0.1) is 0 Å². The van der Waals surface area contributed by atoms with Crippen molar-refractivity contribution in [2.24, 2.45) is 0 Å². The molecular formula is C33H42N2O8. The summed E-state index contributed by atoms with van der Waals surface area (Å²) in [5.41, 5.74) is 2.83. The van der Waals surface area contributed by atoms with E-state index in [1.54, 1.807) is 53.7 Å². The minimum Gasteiger partial charge on any atom is -0.467 e. The Labute approximate surface area is 253 Å². The summed E-state index contributed by atoms with van der Waals surface area (Å²) in [5, 5.41) is 5.11. The average Bonchev–Trinajstić information content (AvgIpc) is 3.24. The minimum atomic E-state index is -1.05. The van der Waals surface area contributed by atoms with E-state index >= 15 is 0 Å². The van der Waals surface area contributed by atoms with Crippen molar-refractivity contribution in [2.75, 3.05) is 13.7 Å². The molecule has 10 heteroatoms. The third-order valence-corrected chi connectivity index (χ3v) is 6.41. The van der Waals surface area contributed by atoms with Crippen molar-refractivity contribution in [1.29, 1.82) is 0 Å². The van der Waals surface area contributed by atoms with Gasteiger partial charge in [0.05, 0.1) is 7.11 Å². The lowest BCUT2D eigenvalue weighted by molar-refractivity contribution is -0.157.